The molecule has 0 bridgehead atoms. The van der Waals surface area contributed by atoms with Crippen LogP contribution in [0.25, 0.3) is 0 Å². The van der Waals surface area contributed by atoms with Crippen LogP contribution in [0.1, 0.15) is 41.7 Å². The number of nitrogens with one attached hydrogen (secondary N) is 2. The van der Waals surface area contributed by atoms with Gasteiger partial charge in [0.15, 0.2) is 5.82 Å². The summed E-state index contributed by atoms with van der Waals surface area (Å²) in [7, 11) is 0. The van der Waals surface area contributed by atoms with E-state index in [4.69, 9.17) is 0 Å². The lowest BCUT2D eigenvalue weighted by Crippen LogP contribution is -2.23. The van der Waals surface area contributed by atoms with Crippen LogP contribution in [0.4, 0.5) is 5.82 Å². The van der Waals surface area contributed by atoms with Gasteiger partial charge in [-0.3, -0.25) is 15.2 Å². The van der Waals surface area contributed by atoms with Crippen molar-refractivity contribution in [2.75, 3.05) is 5.32 Å². The summed E-state index contributed by atoms with van der Waals surface area (Å²) in [6.45, 7) is 4.01. The molecule has 3 heterocycles. The van der Waals surface area contributed by atoms with E-state index in [1.807, 2.05) is 25.3 Å². The van der Waals surface area contributed by atoms with Crippen LogP contribution in [0, 0.1) is 17.0 Å². The predicted octanol–water partition coefficient (Wildman–Crippen LogP) is 3.63. The molecule has 7 heteroatoms. The monoisotopic (exact) mass is 304 g/mol. The number of aromatic amines is 1. The molecule has 2 N–H and O–H groups in total. The van der Waals surface area contributed by atoms with Gasteiger partial charge in [-0.15, -0.1) is 11.3 Å². The predicted molar refractivity (Wildman–Crippen MR) is 82.0 cm³/mol. The summed E-state index contributed by atoms with van der Waals surface area (Å²) < 4.78 is 0. The maximum Gasteiger partial charge on any atom is 0.277 e. The van der Waals surface area contributed by atoms with E-state index < -0.39 is 0 Å². The molecule has 0 amide bonds. The van der Waals surface area contributed by atoms with Crippen LogP contribution >= 0.6 is 11.3 Å². The van der Waals surface area contributed by atoms with E-state index in [9.17, 15) is 10.1 Å². The Morgan fingerprint density at radius 3 is 2.90 bits per heavy atom. The smallest absolute Gasteiger partial charge is 0.277 e. The first kappa shape index (κ1) is 13.8. The zero-order chi connectivity index (χ0) is 15.0. The molecule has 0 fully saturated rings. The SMILES string of the molecule is CCCC1=C([N+](=O)[O-])C(c2ccsc2C)c2c[nH]nc2N1. The molecule has 0 radical (unpaired) electrons. The number of aromatic nitrogens is 2. The number of nitrogens with zero attached hydrogens (tertiary/aromatic N) is 2. The molecule has 2 aromatic rings. The fourth-order valence-corrected chi connectivity index (χ4v) is 3.55. The molecule has 110 valence electrons. The molecule has 3 rings (SSSR count). The molecule has 0 aliphatic carbocycles. The van der Waals surface area contributed by atoms with Crippen LogP contribution in [0.15, 0.2) is 29.0 Å². The Morgan fingerprint density at radius 1 is 1.48 bits per heavy atom. The first-order valence-electron chi connectivity index (χ1n) is 6.85. The third kappa shape index (κ3) is 2.23. The Bertz CT molecular complexity index is 716. The minimum atomic E-state index is -0.359. The van der Waals surface area contributed by atoms with Gasteiger partial charge in [-0.05, 0) is 30.4 Å². The number of allylic oxidation sites excluding steroid dienone is 2. The Labute approximate surface area is 126 Å². The van der Waals surface area contributed by atoms with Crippen molar-refractivity contribution in [3.05, 3.63) is 55.2 Å². The standard InChI is InChI=1S/C14H16N4O2S/c1-3-4-11-13(18(19)20)12(9-5-6-21-8(9)2)10-7-15-17-14(10)16-11/h5-7,12H,3-4H2,1-2H3,(H2,15,16,17). The Morgan fingerprint density at radius 2 is 2.29 bits per heavy atom. The van der Waals surface area contributed by atoms with Gasteiger partial charge in [0.05, 0.1) is 10.6 Å². The fraction of sp³-hybridized carbons (Fsp3) is 0.357. The van der Waals surface area contributed by atoms with Crippen LogP contribution in [0.5, 0.6) is 0 Å². The first-order valence-corrected chi connectivity index (χ1v) is 7.73. The number of H-pyrrole nitrogens is 1. The molecule has 0 spiro atoms. The van der Waals surface area contributed by atoms with E-state index in [0.29, 0.717) is 17.9 Å². The van der Waals surface area contributed by atoms with Crippen LogP contribution < -0.4 is 5.32 Å². The van der Waals surface area contributed by atoms with E-state index in [-0.39, 0.29) is 16.5 Å². The van der Waals surface area contributed by atoms with Crippen molar-refractivity contribution in [2.45, 2.75) is 32.6 Å². The van der Waals surface area contributed by atoms with Crippen LogP contribution in [0.3, 0.4) is 0 Å². The van der Waals surface area contributed by atoms with Gasteiger partial charge in [-0.25, -0.2) is 0 Å². The molecule has 2 aromatic heterocycles. The van der Waals surface area contributed by atoms with E-state index in [2.05, 4.69) is 15.5 Å². The second-order valence-electron chi connectivity index (χ2n) is 5.05. The quantitative estimate of drug-likeness (QED) is 0.667. The second kappa shape index (κ2) is 5.33. The molecular formula is C14H16N4O2S. The topological polar surface area (TPSA) is 83.8 Å². The number of hydrogen-bond donors (Lipinski definition) is 2. The van der Waals surface area contributed by atoms with Gasteiger partial charge < -0.3 is 5.32 Å². The lowest BCUT2D eigenvalue weighted by molar-refractivity contribution is -0.430. The van der Waals surface area contributed by atoms with Gasteiger partial charge in [0.25, 0.3) is 5.70 Å². The van der Waals surface area contributed by atoms with Crippen molar-refractivity contribution in [3.8, 4) is 0 Å². The first-order chi connectivity index (χ1) is 10.1. The maximum absolute atomic E-state index is 11.7. The molecule has 0 saturated heterocycles. The number of rotatable bonds is 4. The molecule has 1 atom stereocenters. The number of hydrogen-bond acceptors (Lipinski definition) is 5. The van der Waals surface area contributed by atoms with Gasteiger partial charge in [-0.1, -0.05) is 13.3 Å². The third-order valence-electron chi connectivity index (χ3n) is 3.74. The normalized spacial score (nSPS) is 17.5. The summed E-state index contributed by atoms with van der Waals surface area (Å²) >= 11 is 1.61. The molecular weight excluding hydrogens is 288 g/mol. The number of anilines is 1. The average Bonchev–Trinajstić information content (AvgIpc) is 3.05. The molecule has 1 aliphatic rings. The molecule has 0 saturated carbocycles. The van der Waals surface area contributed by atoms with Crippen molar-refractivity contribution in [1.82, 2.24) is 10.2 Å². The summed E-state index contributed by atoms with van der Waals surface area (Å²) in [5.74, 6) is 0.336. The largest absolute Gasteiger partial charge is 0.337 e. The van der Waals surface area contributed by atoms with Gasteiger partial charge >= 0.3 is 0 Å². The van der Waals surface area contributed by atoms with E-state index >= 15 is 0 Å². The van der Waals surface area contributed by atoms with Crippen LogP contribution in [-0.2, 0) is 0 Å². The molecule has 0 aromatic carbocycles. The number of aryl methyl sites for hydroxylation is 1. The highest BCUT2D eigenvalue weighted by atomic mass is 32.1. The minimum Gasteiger partial charge on any atom is -0.337 e. The molecule has 21 heavy (non-hydrogen) atoms. The Hall–Kier alpha value is -2.15. The number of fused-ring (bicyclic) bond motifs is 1. The van der Waals surface area contributed by atoms with Crippen LogP contribution in [-0.4, -0.2) is 15.1 Å². The Balaban J connectivity index is 2.21. The highest BCUT2D eigenvalue weighted by Gasteiger charge is 2.39. The highest BCUT2D eigenvalue weighted by molar-refractivity contribution is 7.10. The van der Waals surface area contributed by atoms with Crippen molar-refractivity contribution in [3.63, 3.8) is 0 Å². The van der Waals surface area contributed by atoms with Crippen molar-refractivity contribution >= 4 is 17.2 Å². The molecule has 1 aliphatic heterocycles. The molecule has 6 nitrogen and oxygen atoms in total. The lowest BCUT2D eigenvalue weighted by atomic mass is 9.86. The van der Waals surface area contributed by atoms with E-state index in [0.717, 1.165) is 22.4 Å². The summed E-state index contributed by atoms with van der Waals surface area (Å²) in [6.07, 6.45) is 3.23. The third-order valence-corrected chi connectivity index (χ3v) is 4.60. The molecule has 1 unspecified atom stereocenters. The Kier molecular flexibility index (Phi) is 3.50. The van der Waals surface area contributed by atoms with Crippen molar-refractivity contribution in [2.24, 2.45) is 0 Å². The second-order valence-corrected chi connectivity index (χ2v) is 6.17. The zero-order valence-electron chi connectivity index (χ0n) is 11.8. The van der Waals surface area contributed by atoms with Crippen molar-refractivity contribution in [1.29, 1.82) is 0 Å². The van der Waals surface area contributed by atoms with E-state index in [1.54, 1.807) is 17.5 Å². The van der Waals surface area contributed by atoms with Gasteiger partial charge in [-0.2, -0.15) is 5.10 Å². The van der Waals surface area contributed by atoms with Crippen molar-refractivity contribution < 1.29 is 4.92 Å². The zero-order valence-corrected chi connectivity index (χ0v) is 12.7. The summed E-state index contributed by atoms with van der Waals surface area (Å²) in [5, 5.41) is 23.8. The van der Waals surface area contributed by atoms with Crippen LogP contribution in [0.2, 0.25) is 0 Å². The van der Waals surface area contributed by atoms with Gasteiger partial charge in [0, 0.05) is 16.6 Å². The van der Waals surface area contributed by atoms with Gasteiger partial charge in [0.2, 0.25) is 0 Å². The number of nitro groups is 1. The summed E-state index contributed by atoms with van der Waals surface area (Å²) in [6, 6.07) is 1.97. The fourth-order valence-electron chi connectivity index (χ4n) is 2.81. The minimum absolute atomic E-state index is 0.243. The highest BCUT2D eigenvalue weighted by Crippen LogP contribution is 2.43. The average molecular weight is 304 g/mol. The summed E-state index contributed by atoms with van der Waals surface area (Å²) in [5.41, 5.74) is 2.73. The lowest BCUT2D eigenvalue weighted by Gasteiger charge is -2.23. The summed E-state index contributed by atoms with van der Waals surface area (Å²) in [4.78, 5) is 12.5. The number of thiophene rings is 1. The van der Waals surface area contributed by atoms with E-state index in [1.165, 1.54) is 0 Å². The van der Waals surface area contributed by atoms with Gasteiger partial charge in [0.1, 0.15) is 5.92 Å². The maximum atomic E-state index is 11.7.